The van der Waals surface area contributed by atoms with Gasteiger partial charge in [0.25, 0.3) is 0 Å². The molecule has 0 atom stereocenters. The quantitative estimate of drug-likeness (QED) is 0.587. The molecule has 98 valence electrons. The van der Waals surface area contributed by atoms with Gasteiger partial charge >= 0.3 is 0 Å². The van der Waals surface area contributed by atoms with Crippen LogP contribution in [0.1, 0.15) is 27.9 Å². The summed E-state index contributed by atoms with van der Waals surface area (Å²) in [4.78, 5) is 14.7. The number of aromatic nitrogens is 1. The van der Waals surface area contributed by atoms with Crippen molar-refractivity contribution in [1.82, 2.24) is 4.98 Å². The Morgan fingerprint density at radius 2 is 2.00 bits per heavy atom. The Labute approximate surface area is 113 Å². The molecule has 0 bridgehead atoms. The lowest BCUT2D eigenvalue weighted by atomic mass is 10.1. The Bertz CT molecular complexity index is 538. The van der Waals surface area contributed by atoms with E-state index in [1.54, 1.807) is 24.5 Å². The maximum absolute atomic E-state index is 10.7. The van der Waals surface area contributed by atoms with Gasteiger partial charge in [0.1, 0.15) is 12.0 Å². The number of benzene rings is 1. The third kappa shape index (κ3) is 3.91. The first-order valence-electron chi connectivity index (χ1n) is 6.37. The van der Waals surface area contributed by atoms with Crippen LogP contribution in [0.25, 0.3) is 0 Å². The Morgan fingerprint density at radius 1 is 1.21 bits per heavy atom. The molecule has 19 heavy (non-hydrogen) atoms. The number of ether oxygens (including phenoxy) is 1. The summed E-state index contributed by atoms with van der Waals surface area (Å²) in [6, 6.07) is 9.51. The monoisotopic (exact) mass is 255 g/mol. The number of carbonyl (C=O) groups excluding carboxylic acids is 1. The van der Waals surface area contributed by atoms with Gasteiger partial charge in [0.05, 0.1) is 6.61 Å². The first-order chi connectivity index (χ1) is 9.29. The van der Waals surface area contributed by atoms with Crippen LogP contribution < -0.4 is 4.74 Å². The number of aldehydes is 1. The Balaban J connectivity index is 1.84. The minimum atomic E-state index is 0.644. The van der Waals surface area contributed by atoms with Crippen molar-refractivity contribution in [3.8, 4) is 5.75 Å². The van der Waals surface area contributed by atoms with Crippen molar-refractivity contribution in [3.63, 3.8) is 0 Å². The van der Waals surface area contributed by atoms with Gasteiger partial charge in [-0.3, -0.25) is 9.78 Å². The summed E-state index contributed by atoms with van der Waals surface area (Å²) in [7, 11) is 0. The topological polar surface area (TPSA) is 39.2 Å². The van der Waals surface area contributed by atoms with Crippen molar-refractivity contribution in [2.75, 3.05) is 6.61 Å². The van der Waals surface area contributed by atoms with Gasteiger partial charge in [-0.05, 0) is 49.1 Å². The minimum absolute atomic E-state index is 0.644. The number of hydrogen-bond acceptors (Lipinski definition) is 3. The summed E-state index contributed by atoms with van der Waals surface area (Å²) in [5, 5.41) is 0. The van der Waals surface area contributed by atoms with Gasteiger partial charge in [-0.15, -0.1) is 0 Å². The van der Waals surface area contributed by atoms with Crippen LogP contribution in [-0.2, 0) is 6.42 Å². The second-order valence-electron chi connectivity index (χ2n) is 4.45. The molecule has 1 heterocycles. The summed E-state index contributed by atoms with van der Waals surface area (Å²) in [5.74, 6) is 0.791. The Kier molecular flexibility index (Phi) is 4.67. The molecule has 3 heteroatoms. The lowest BCUT2D eigenvalue weighted by molar-refractivity contribution is 0.112. The van der Waals surface area contributed by atoms with Gasteiger partial charge in [-0.1, -0.05) is 12.1 Å². The summed E-state index contributed by atoms with van der Waals surface area (Å²) in [6.07, 6.45) is 6.34. The molecule has 0 aliphatic heterocycles. The van der Waals surface area contributed by atoms with Crippen molar-refractivity contribution < 1.29 is 9.53 Å². The van der Waals surface area contributed by atoms with Crippen molar-refractivity contribution in [2.24, 2.45) is 0 Å². The number of aryl methyl sites for hydroxylation is 2. The molecule has 0 saturated carbocycles. The molecule has 1 aromatic heterocycles. The summed E-state index contributed by atoms with van der Waals surface area (Å²) in [6.45, 7) is 2.62. The predicted molar refractivity (Wildman–Crippen MR) is 74.6 cm³/mol. The first-order valence-corrected chi connectivity index (χ1v) is 6.37. The zero-order valence-electron chi connectivity index (χ0n) is 11.0. The van der Waals surface area contributed by atoms with Gasteiger partial charge in [-0.25, -0.2) is 0 Å². The lowest BCUT2D eigenvalue weighted by Gasteiger charge is -2.09. The molecule has 0 aliphatic carbocycles. The van der Waals surface area contributed by atoms with E-state index in [0.717, 1.165) is 30.4 Å². The number of carbonyl (C=O) groups is 1. The second kappa shape index (κ2) is 6.69. The molecule has 2 aromatic rings. The SMILES string of the molecule is Cc1ccc(C=O)cc1OCCCc1ccncc1. The summed E-state index contributed by atoms with van der Waals surface area (Å²) >= 11 is 0. The number of pyridine rings is 1. The molecule has 0 fully saturated rings. The highest BCUT2D eigenvalue weighted by molar-refractivity contribution is 5.75. The molecule has 0 saturated heterocycles. The second-order valence-corrected chi connectivity index (χ2v) is 4.45. The van der Waals surface area contributed by atoms with Crippen LogP contribution in [0.2, 0.25) is 0 Å². The van der Waals surface area contributed by atoms with Crippen LogP contribution in [0.5, 0.6) is 5.75 Å². The van der Waals surface area contributed by atoms with E-state index in [1.807, 2.05) is 25.1 Å². The van der Waals surface area contributed by atoms with Gasteiger partial charge in [0, 0.05) is 18.0 Å². The molecule has 0 N–H and O–H groups in total. The van der Waals surface area contributed by atoms with Crippen LogP contribution in [0.4, 0.5) is 0 Å². The van der Waals surface area contributed by atoms with E-state index >= 15 is 0 Å². The van der Waals surface area contributed by atoms with Gasteiger partial charge < -0.3 is 4.74 Å². The lowest BCUT2D eigenvalue weighted by Crippen LogP contribution is -2.01. The average molecular weight is 255 g/mol. The van der Waals surface area contributed by atoms with Crippen molar-refractivity contribution >= 4 is 6.29 Å². The largest absolute Gasteiger partial charge is 0.493 e. The molecule has 0 unspecified atom stereocenters. The highest BCUT2D eigenvalue weighted by Gasteiger charge is 2.01. The number of nitrogens with zero attached hydrogens (tertiary/aromatic N) is 1. The standard InChI is InChI=1S/C16H17NO2/c1-13-4-5-15(12-18)11-16(13)19-10-2-3-14-6-8-17-9-7-14/h4-9,11-12H,2-3,10H2,1H3. The summed E-state index contributed by atoms with van der Waals surface area (Å²) < 4.78 is 5.73. The Morgan fingerprint density at radius 3 is 2.74 bits per heavy atom. The predicted octanol–water partition coefficient (Wildman–Crippen LogP) is 3.21. The molecular weight excluding hydrogens is 238 g/mol. The highest BCUT2D eigenvalue weighted by Crippen LogP contribution is 2.19. The van der Waals surface area contributed by atoms with Crippen molar-refractivity contribution in [2.45, 2.75) is 19.8 Å². The molecule has 3 nitrogen and oxygen atoms in total. The van der Waals surface area contributed by atoms with Crippen LogP contribution in [-0.4, -0.2) is 17.9 Å². The van der Waals surface area contributed by atoms with Crippen molar-refractivity contribution in [3.05, 3.63) is 59.4 Å². The molecule has 1 aromatic carbocycles. The zero-order valence-corrected chi connectivity index (χ0v) is 11.0. The normalized spacial score (nSPS) is 10.2. The Hall–Kier alpha value is -2.16. The van der Waals surface area contributed by atoms with Crippen LogP contribution in [0.3, 0.4) is 0 Å². The van der Waals surface area contributed by atoms with E-state index < -0.39 is 0 Å². The van der Waals surface area contributed by atoms with Crippen LogP contribution >= 0.6 is 0 Å². The number of rotatable bonds is 6. The molecule has 0 spiro atoms. The van der Waals surface area contributed by atoms with Gasteiger partial charge in [0.2, 0.25) is 0 Å². The third-order valence-corrected chi connectivity index (χ3v) is 2.96. The van der Waals surface area contributed by atoms with Gasteiger partial charge in [-0.2, -0.15) is 0 Å². The van der Waals surface area contributed by atoms with E-state index in [4.69, 9.17) is 4.74 Å². The van der Waals surface area contributed by atoms with E-state index in [1.165, 1.54) is 5.56 Å². The van der Waals surface area contributed by atoms with E-state index in [0.29, 0.717) is 12.2 Å². The van der Waals surface area contributed by atoms with E-state index in [-0.39, 0.29) is 0 Å². The molecule has 0 radical (unpaired) electrons. The first kappa shape index (κ1) is 13.3. The van der Waals surface area contributed by atoms with Crippen LogP contribution in [0, 0.1) is 6.92 Å². The fourth-order valence-corrected chi connectivity index (χ4v) is 1.85. The van der Waals surface area contributed by atoms with Crippen molar-refractivity contribution in [1.29, 1.82) is 0 Å². The third-order valence-electron chi connectivity index (χ3n) is 2.96. The number of hydrogen-bond donors (Lipinski definition) is 0. The van der Waals surface area contributed by atoms with E-state index in [9.17, 15) is 4.79 Å². The average Bonchev–Trinajstić information content (AvgIpc) is 2.46. The fraction of sp³-hybridized carbons (Fsp3) is 0.250. The fourth-order valence-electron chi connectivity index (χ4n) is 1.85. The maximum atomic E-state index is 10.7. The summed E-state index contributed by atoms with van der Waals surface area (Å²) in [5.41, 5.74) is 2.96. The van der Waals surface area contributed by atoms with Gasteiger partial charge in [0.15, 0.2) is 0 Å². The van der Waals surface area contributed by atoms with Crippen LogP contribution in [0.15, 0.2) is 42.7 Å². The maximum Gasteiger partial charge on any atom is 0.150 e. The molecule has 0 aliphatic rings. The zero-order chi connectivity index (χ0) is 13.5. The molecule has 2 rings (SSSR count). The minimum Gasteiger partial charge on any atom is -0.493 e. The van der Waals surface area contributed by atoms with E-state index in [2.05, 4.69) is 4.98 Å². The highest BCUT2D eigenvalue weighted by atomic mass is 16.5. The molecule has 0 amide bonds. The molecular formula is C16H17NO2. The smallest absolute Gasteiger partial charge is 0.150 e.